The van der Waals surface area contributed by atoms with Gasteiger partial charge in [0.25, 0.3) is 5.91 Å². The lowest BCUT2D eigenvalue weighted by molar-refractivity contribution is -0.115. The summed E-state index contributed by atoms with van der Waals surface area (Å²) in [5.41, 5.74) is 3.93. The van der Waals surface area contributed by atoms with E-state index in [4.69, 9.17) is 0 Å². The first kappa shape index (κ1) is 21.7. The molecule has 8 nitrogen and oxygen atoms in total. The second-order valence-corrected chi connectivity index (χ2v) is 8.63. The van der Waals surface area contributed by atoms with Gasteiger partial charge >= 0.3 is 0 Å². The minimum atomic E-state index is -0.325. The van der Waals surface area contributed by atoms with Crippen LogP contribution in [-0.2, 0) is 18.4 Å². The third kappa shape index (κ3) is 4.26. The number of hydrogen-bond acceptors (Lipinski definition) is 5. The molecular weight excluding hydrogens is 431 g/mol. The molecule has 0 atom stereocenters. The molecule has 0 aliphatic rings. The highest BCUT2D eigenvalue weighted by atomic mass is 32.1. The molecule has 0 saturated carbocycles. The van der Waals surface area contributed by atoms with Gasteiger partial charge in [0, 0.05) is 12.4 Å². The van der Waals surface area contributed by atoms with Crippen molar-refractivity contribution in [1.29, 1.82) is 0 Å². The predicted molar refractivity (Wildman–Crippen MR) is 121 cm³/mol. The SMILES string of the molecule is Cc1nn(C)c(C)c1NC(=O)CNC(=O)c1cc2c(C)nn(Cc3ccc(F)cc3)c2s1. The van der Waals surface area contributed by atoms with Gasteiger partial charge in [-0.25, -0.2) is 4.39 Å². The van der Waals surface area contributed by atoms with Crippen LogP contribution >= 0.6 is 11.3 Å². The highest BCUT2D eigenvalue weighted by molar-refractivity contribution is 7.20. The van der Waals surface area contributed by atoms with E-state index in [0.717, 1.165) is 32.9 Å². The van der Waals surface area contributed by atoms with Gasteiger partial charge in [0.05, 0.1) is 40.7 Å². The number of aryl methyl sites for hydroxylation is 3. The molecular formula is C22H23FN6O2S. The summed E-state index contributed by atoms with van der Waals surface area (Å²) >= 11 is 1.31. The fraction of sp³-hybridized carbons (Fsp3) is 0.273. The number of carbonyl (C=O) groups is 2. The molecule has 3 aromatic heterocycles. The third-order valence-electron chi connectivity index (χ3n) is 5.26. The maximum Gasteiger partial charge on any atom is 0.261 e. The van der Waals surface area contributed by atoms with Crippen LogP contribution in [0.4, 0.5) is 10.1 Å². The van der Waals surface area contributed by atoms with Crippen molar-refractivity contribution in [1.82, 2.24) is 24.9 Å². The van der Waals surface area contributed by atoms with E-state index >= 15 is 0 Å². The van der Waals surface area contributed by atoms with Gasteiger partial charge in [-0.15, -0.1) is 11.3 Å². The number of carbonyl (C=O) groups excluding carboxylic acids is 2. The van der Waals surface area contributed by atoms with E-state index in [2.05, 4.69) is 20.8 Å². The Kier molecular flexibility index (Phi) is 5.79. The van der Waals surface area contributed by atoms with Crippen LogP contribution in [0.3, 0.4) is 0 Å². The topological polar surface area (TPSA) is 93.8 Å². The van der Waals surface area contributed by atoms with E-state index in [-0.39, 0.29) is 24.2 Å². The van der Waals surface area contributed by atoms with Crippen molar-refractivity contribution in [3.8, 4) is 0 Å². The zero-order valence-electron chi connectivity index (χ0n) is 18.2. The molecule has 166 valence electrons. The van der Waals surface area contributed by atoms with Crippen molar-refractivity contribution in [2.24, 2.45) is 7.05 Å². The zero-order chi connectivity index (χ0) is 23.0. The van der Waals surface area contributed by atoms with Gasteiger partial charge in [0.15, 0.2) is 0 Å². The van der Waals surface area contributed by atoms with Crippen molar-refractivity contribution < 1.29 is 14.0 Å². The summed E-state index contributed by atoms with van der Waals surface area (Å²) < 4.78 is 16.7. The first-order valence-corrected chi connectivity index (χ1v) is 10.8. The van der Waals surface area contributed by atoms with Gasteiger partial charge in [-0.2, -0.15) is 10.2 Å². The summed E-state index contributed by atoms with van der Waals surface area (Å²) in [6.45, 7) is 5.88. The molecule has 0 unspecified atom stereocenters. The Hall–Kier alpha value is -3.53. The average Bonchev–Trinajstić information content (AvgIpc) is 3.39. The smallest absolute Gasteiger partial charge is 0.261 e. The molecule has 0 fully saturated rings. The minimum Gasteiger partial charge on any atom is -0.342 e. The molecule has 32 heavy (non-hydrogen) atoms. The number of aromatic nitrogens is 4. The van der Waals surface area contributed by atoms with Crippen molar-refractivity contribution in [2.45, 2.75) is 27.3 Å². The Morgan fingerprint density at radius 2 is 1.81 bits per heavy atom. The van der Waals surface area contributed by atoms with Crippen LogP contribution < -0.4 is 10.6 Å². The molecule has 0 radical (unpaired) electrons. The Bertz CT molecular complexity index is 1320. The molecule has 0 aliphatic carbocycles. The summed E-state index contributed by atoms with van der Waals surface area (Å²) in [6.07, 6.45) is 0. The summed E-state index contributed by atoms with van der Waals surface area (Å²) in [5, 5.41) is 15.2. The van der Waals surface area contributed by atoms with Crippen LogP contribution in [0, 0.1) is 26.6 Å². The van der Waals surface area contributed by atoms with Gasteiger partial charge in [-0.3, -0.25) is 19.0 Å². The maximum absolute atomic E-state index is 13.2. The largest absolute Gasteiger partial charge is 0.342 e. The number of hydrogen-bond donors (Lipinski definition) is 2. The number of nitrogens with zero attached hydrogens (tertiary/aromatic N) is 4. The lowest BCUT2D eigenvalue weighted by Gasteiger charge is -2.07. The van der Waals surface area contributed by atoms with E-state index in [1.165, 1.54) is 23.5 Å². The van der Waals surface area contributed by atoms with E-state index in [1.807, 2.05) is 20.8 Å². The number of fused-ring (bicyclic) bond motifs is 1. The van der Waals surface area contributed by atoms with Gasteiger partial charge in [-0.1, -0.05) is 12.1 Å². The van der Waals surface area contributed by atoms with Crippen molar-refractivity contribution in [3.05, 3.63) is 63.7 Å². The van der Waals surface area contributed by atoms with Gasteiger partial charge in [0.1, 0.15) is 10.6 Å². The summed E-state index contributed by atoms with van der Waals surface area (Å²) in [6, 6.07) is 8.03. The van der Waals surface area contributed by atoms with Crippen LogP contribution in [0.15, 0.2) is 30.3 Å². The fourth-order valence-corrected chi connectivity index (χ4v) is 4.56. The fourth-order valence-electron chi connectivity index (χ4n) is 3.48. The Morgan fingerprint density at radius 3 is 2.47 bits per heavy atom. The van der Waals surface area contributed by atoms with Crippen LogP contribution in [0.25, 0.3) is 10.2 Å². The standard InChI is InChI=1S/C22H23FN6O2S/c1-12-17-9-18(32-22(17)29(27-12)11-15-5-7-16(23)8-6-15)21(31)24-10-19(30)25-20-13(2)26-28(4)14(20)3/h5-9H,10-11H2,1-4H3,(H,24,31)(H,25,30). The van der Waals surface area contributed by atoms with Crippen molar-refractivity contribution >= 4 is 39.1 Å². The van der Waals surface area contributed by atoms with Crippen molar-refractivity contribution in [3.63, 3.8) is 0 Å². The molecule has 10 heteroatoms. The van der Waals surface area contributed by atoms with Gasteiger partial charge in [-0.05, 0) is 44.5 Å². The monoisotopic (exact) mass is 454 g/mol. The highest BCUT2D eigenvalue weighted by Crippen LogP contribution is 2.29. The molecule has 2 N–H and O–H groups in total. The average molecular weight is 455 g/mol. The first-order valence-electron chi connectivity index (χ1n) is 10.0. The van der Waals surface area contributed by atoms with Gasteiger partial charge < -0.3 is 10.6 Å². The molecule has 4 aromatic rings. The molecule has 2 amide bonds. The Balaban J connectivity index is 1.44. The molecule has 0 saturated heterocycles. The third-order valence-corrected chi connectivity index (χ3v) is 6.41. The Labute approximate surface area is 188 Å². The molecule has 4 rings (SSSR count). The maximum atomic E-state index is 13.2. The van der Waals surface area contributed by atoms with E-state index in [1.54, 1.807) is 34.6 Å². The molecule has 0 aliphatic heterocycles. The molecule has 0 bridgehead atoms. The molecule has 1 aromatic carbocycles. The lowest BCUT2D eigenvalue weighted by Crippen LogP contribution is -2.32. The van der Waals surface area contributed by atoms with E-state index in [0.29, 0.717) is 17.1 Å². The second-order valence-electron chi connectivity index (χ2n) is 7.60. The predicted octanol–water partition coefficient (Wildman–Crippen LogP) is 3.31. The summed E-state index contributed by atoms with van der Waals surface area (Å²) in [5.74, 6) is -0.936. The minimum absolute atomic E-state index is 0.151. The van der Waals surface area contributed by atoms with Crippen LogP contribution in [0.2, 0.25) is 0 Å². The molecule has 3 heterocycles. The quantitative estimate of drug-likeness (QED) is 0.467. The van der Waals surface area contributed by atoms with E-state index in [9.17, 15) is 14.0 Å². The number of anilines is 1. The van der Waals surface area contributed by atoms with E-state index < -0.39 is 0 Å². The van der Waals surface area contributed by atoms with Crippen LogP contribution in [0.5, 0.6) is 0 Å². The second kappa shape index (κ2) is 8.54. The van der Waals surface area contributed by atoms with Crippen LogP contribution in [-0.4, -0.2) is 37.9 Å². The lowest BCUT2D eigenvalue weighted by atomic mass is 10.2. The zero-order valence-corrected chi connectivity index (χ0v) is 19.0. The Morgan fingerprint density at radius 1 is 1.09 bits per heavy atom. The number of thiophene rings is 1. The molecule has 0 spiro atoms. The van der Waals surface area contributed by atoms with Crippen LogP contribution in [0.1, 0.15) is 32.3 Å². The number of benzene rings is 1. The highest BCUT2D eigenvalue weighted by Gasteiger charge is 2.18. The number of rotatable bonds is 6. The summed E-state index contributed by atoms with van der Waals surface area (Å²) in [4.78, 5) is 26.3. The summed E-state index contributed by atoms with van der Waals surface area (Å²) in [7, 11) is 1.81. The van der Waals surface area contributed by atoms with Gasteiger partial charge in [0.2, 0.25) is 5.91 Å². The first-order chi connectivity index (χ1) is 15.2. The normalized spacial score (nSPS) is 11.2. The number of nitrogens with one attached hydrogen (secondary N) is 2. The van der Waals surface area contributed by atoms with Crippen molar-refractivity contribution in [2.75, 3.05) is 11.9 Å². The number of halogens is 1. The number of amides is 2.